The molecule has 2 unspecified atom stereocenters. The summed E-state index contributed by atoms with van der Waals surface area (Å²) in [4.78, 5) is 0. The first-order valence-corrected chi connectivity index (χ1v) is 6.20. The Balaban J connectivity index is 5.48. The summed E-state index contributed by atoms with van der Waals surface area (Å²) in [5.41, 5.74) is 3.02. The van der Waals surface area contributed by atoms with Gasteiger partial charge in [0.1, 0.15) is 0 Å². The predicted octanol–water partition coefficient (Wildman–Crippen LogP) is 5.46. The molecule has 94 valence electrons. The SMILES string of the molecule is C=C(C)C(C(C(=C)C)C(C)(C)C)C(C)(C)C. The molecule has 0 heteroatoms. The Morgan fingerprint density at radius 2 is 0.875 bits per heavy atom. The fourth-order valence-electron chi connectivity index (χ4n) is 3.05. The highest BCUT2D eigenvalue weighted by Gasteiger charge is 2.39. The summed E-state index contributed by atoms with van der Waals surface area (Å²) in [5, 5.41) is 0. The van der Waals surface area contributed by atoms with Crippen LogP contribution in [0, 0.1) is 22.7 Å². The van der Waals surface area contributed by atoms with E-state index < -0.39 is 0 Å². The van der Waals surface area contributed by atoms with Gasteiger partial charge in [0, 0.05) is 0 Å². The lowest BCUT2D eigenvalue weighted by molar-refractivity contribution is 0.126. The summed E-state index contributed by atoms with van der Waals surface area (Å²) in [5.74, 6) is 0.981. The normalized spacial score (nSPS) is 16.8. The molecular weight excluding hydrogens is 192 g/mol. The zero-order valence-corrected chi connectivity index (χ0v) is 12.6. The number of allylic oxidation sites excluding steroid dienone is 2. The zero-order valence-electron chi connectivity index (χ0n) is 12.6. The fourth-order valence-corrected chi connectivity index (χ4v) is 3.05. The van der Waals surface area contributed by atoms with Crippen LogP contribution in [0.3, 0.4) is 0 Å². The standard InChI is InChI=1S/C16H30/c1-11(2)13(15(5,6)7)14(12(3)4)16(8,9)10/h13-14H,1,3H2,2,4-10H3. The minimum Gasteiger partial charge on any atom is -0.0998 e. The molecule has 0 aliphatic heterocycles. The highest BCUT2D eigenvalue weighted by atomic mass is 14.4. The van der Waals surface area contributed by atoms with Crippen LogP contribution in [0.2, 0.25) is 0 Å². The molecule has 0 fully saturated rings. The van der Waals surface area contributed by atoms with Crippen LogP contribution in [-0.4, -0.2) is 0 Å². The lowest BCUT2D eigenvalue weighted by Crippen LogP contribution is -2.37. The summed E-state index contributed by atoms with van der Waals surface area (Å²) in [6.07, 6.45) is 0. The van der Waals surface area contributed by atoms with E-state index in [-0.39, 0.29) is 10.8 Å². The van der Waals surface area contributed by atoms with E-state index in [4.69, 9.17) is 0 Å². The lowest BCUT2D eigenvalue weighted by atomic mass is 9.60. The molecule has 0 saturated heterocycles. The van der Waals surface area contributed by atoms with Gasteiger partial charge in [-0.1, -0.05) is 65.8 Å². The molecule has 0 amide bonds. The van der Waals surface area contributed by atoms with Crippen LogP contribution >= 0.6 is 0 Å². The monoisotopic (exact) mass is 222 g/mol. The quantitative estimate of drug-likeness (QED) is 0.556. The fraction of sp³-hybridized carbons (Fsp3) is 0.750. The smallest absolute Gasteiger partial charge is 0.00895 e. The van der Waals surface area contributed by atoms with E-state index in [1.165, 1.54) is 11.1 Å². The molecule has 0 aliphatic carbocycles. The van der Waals surface area contributed by atoms with E-state index in [0.717, 1.165) is 0 Å². The van der Waals surface area contributed by atoms with Crippen LogP contribution in [0.15, 0.2) is 24.3 Å². The van der Waals surface area contributed by atoms with Crippen molar-refractivity contribution >= 4 is 0 Å². The summed E-state index contributed by atoms with van der Waals surface area (Å²) in [6.45, 7) is 26.5. The average molecular weight is 222 g/mol. The maximum absolute atomic E-state index is 4.20. The first-order chi connectivity index (χ1) is 6.89. The highest BCUT2D eigenvalue weighted by Crippen LogP contribution is 2.47. The van der Waals surface area contributed by atoms with Crippen molar-refractivity contribution in [2.24, 2.45) is 22.7 Å². The van der Waals surface area contributed by atoms with Crippen molar-refractivity contribution in [2.45, 2.75) is 55.4 Å². The summed E-state index contributed by atoms with van der Waals surface area (Å²) >= 11 is 0. The molecule has 0 saturated carbocycles. The molecule has 0 aromatic carbocycles. The Hall–Kier alpha value is -0.520. The van der Waals surface area contributed by atoms with Crippen molar-refractivity contribution in [1.29, 1.82) is 0 Å². The van der Waals surface area contributed by atoms with Gasteiger partial charge in [-0.05, 0) is 36.5 Å². The van der Waals surface area contributed by atoms with Crippen LogP contribution in [0.4, 0.5) is 0 Å². The molecule has 0 heterocycles. The maximum Gasteiger partial charge on any atom is -0.00895 e. The molecule has 0 aliphatic rings. The predicted molar refractivity (Wildman–Crippen MR) is 75.5 cm³/mol. The van der Waals surface area contributed by atoms with Gasteiger partial charge in [0.25, 0.3) is 0 Å². The van der Waals surface area contributed by atoms with E-state index >= 15 is 0 Å². The molecule has 0 nitrogen and oxygen atoms in total. The molecule has 0 bridgehead atoms. The van der Waals surface area contributed by atoms with E-state index in [9.17, 15) is 0 Å². The van der Waals surface area contributed by atoms with Gasteiger partial charge >= 0.3 is 0 Å². The third-order valence-electron chi connectivity index (χ3n) is 3.26. The van der Waals surface area contributed by atoms with E-state index in [1.807, 2.05) is 0 Å². The molecular formula is C16H30. The Morgan fingerprint density at radius 1 is 0.688 bits per heavy atom. The van der Waals surface area contributed by atoms with Crippen LogP contribution in [0.5, 0.6) is 0 Å². The van der Waals surface area contributed by atoms with Gasteiger partial charge in [-0.25, -0.2) is 0 Å². The largest absolute Gasteiger partial charge is 0.0998 e. The van der Waals surface area contributed by atoms with Gasteiger partial charge in [0.05, 0.1) is 0 Å². The molecule has 0 aromatic heterocycles. The topological polar surface area (TPSA) is 0 Å². The van der Waals surface area contributed by atoms with Gasteiger partial charge in [0.15, 0.2) is 0 Å². The van der Waals surface area contributed by atoms with Crippen molar-refractivity contribution in [3.63, 3.8) is 0 Å². The van der Waals surface area contributed by atoms with Crippen molar-refractivity contribution in [2.75, 3.05) is 0 Å². The van der Waals surface area contributed by atoms with Crippen molar-refractivity contribution in [3.8, 4) is 0 Å². The van der Waals surface area contributed by atoms with Crippen LogP contribution in [0.25, 0.3) is 0 Å². The number of hydrogen-bond donors (Lipinski definition) is 0. The van der Waals surface area contributed by atoms with Crippen LogP contribution < -0.4 is 0 Å². The van der Waals surface area contributed by atoms with E-state index in [1.54, 1.807) is 0 Å². The van der Waals surface area contributed by atoms with Gasteiger partial charge in [0.2, 0.25) is 0 Å². The van der Waals surface area contributed by atoms with E-state index in [2.05, 4.69) is 68.5 Å². The first-order valence-electron chi connectivity index (χ1n) is 6.20. The van der Waals surface area contributed by atoms with Gasteiger partial charge in [-0.2, -0.15) is 0 Å². The molecule has 0 N–H and O–H groups in total. The van der Waals surface area contributed by atoms with E-state index in [0.29, 0.717) is 11.8 Å². The molecule has 2 atom stereocenters. The second-order valence-electron chi connectivity index (χ2n) is 7.38. The van der Waals surface area contributed by atoms with Crippen molar-refractivity contribution in [1.82, 2.24) is 0 Å². The zero-order chi connectivity index (χ0) is 13.3. The van der Waals surface area contributed by atoms with Gasteiger partial charge < -0.3 is 0 Å². The Kier molecular flexibility index (Phi) is 4.62. The van der Waals surface area contributed by atoms with Gasteiger partial charge in [-0.15, -0.1) is 0 Å². The van der Waals surface area contributed by atoms with Crippen molar-refractivity contribution < 1.29 is 0 Å². The first kappa shape index (κ1) is 15.5. The Labute approximate surface area is 103 Å². The summed E-state index contributed by atoms with van der Waals surface area (Å²) in [7, 11) is 0. The minimum atomic E-state index is 0.239. The molecule has 0 rings (SSSR count). The summed E-state index contributed by atoms with van der Waals surface area (Å²) in [6, 6.07) is 0. The van der Waals surface area contributed by atoms with Crippen LogP contribution in [-0.2, 0) is 0 Å². The molecule has 16 heavy (non-hydrogen) atoms. The Bertz CT molecular complexity index is 237. The lowest BCUT2D eigenvalue weighted by Gasteiger charge is -2.45. The number of hydrogen-bond acceptors (Lipinski definition) is 0. The molecule has 0 radical (unpaired) electrons. The minimum absolute atomic E-state index is 0.239. The second-order valence-corrected chi connectivity index (χ2v) is 7.38. The van der Waals surface area contributed by atoms with Crippen LogP contribution in [0.1, 0.15) is 55.4 Å². The summed E-state index contributed by atoms with van der Waals surface area (Å²) < 4.78 is 0. The third kappa shape index (κ3) is 3.81. The average Bonchev–Trinajstić information content (AvgIpc) is 1.92. The number of rotatable bonds is 3. The maximum atomic E-state index is 4.20. The highest BCUT2D eigenvalue weighted by molar-refractivity contribution is 5.15. The van der Waals surface area contributed by atoms with Gasteiger partial charge in [-0.3, -0.25) is 0 Å². The molecule has 0 spiro atoms. The third-order valence-corrected chi connectivity index (χ3v) is 3.26. The Morgan fingerprint density at radius 3 is 0.938 bits per heavy atom. The second kappa shape index (κ2) is 4.77. The van der Waals surface area contributed by atoms with Crippen molar-refractivity contribution in [3.05, 3.63) is 24.3 Å². The molecule has 0 aromatic rings.